The molecule has 3 aromatic carbocycles. The summed E-state index contributed by atoms with van der Waals surface area (Å²) in [6.45, 7) is 7.52. The zero-order valence-electron chi connectivity index (χ0n) is 58.2. The number of ketones is 2. The minimum absolute atomic E-state index is 0. The van der Waals surface area contributed by atoms with E-state index in [1.54, 1.807) is 33.9 Å². The minimum atomic E-state index is -4.07. The summed E-state index contributed by atoms with van der Waals surface area (Å²) >= 11 is 21.9. The number of thiazole rings is 4. The Bertz CT molecular complexity index is 5030. The zero-order chi connectivity index (χ0) is 77.9. The van der Waals surface area contributed by atoms with E-state index in [2.05, 4.69) is 53.2 Å². The van der Waals surface area contributed by atoms with Crippen LogP contribution < -0.4 is 55.4 Å². The molecule has 0 spiro atoms. The molecule has 11 rings (SSSR count). The number of hydrogen-bond acceptors (Lipinski definition) is 24. The monoisotopic (exact) mass is 1700 g/mol. The summed E-state index contributed by atoms with van der Waals surface area (Å²) in [6, 6.07) is 9.99. The van der Waals surface area contributed by atoms with Gasteiger partial charge in [0.15, 0.2) is 0 Å². The first kappa shape index (κ1) is 93.4. The average molecular weight is 1700 g/mol. The molecular weight excluding hydrogens is 1630 g/mol. The molecule has 0 bridgehead atoms. The Labute approximate surface area is 666 Å². The Hall–Kier alpha value is -6.86. The molecule has 569 valence electrons. The molecule has 2 atom stereocenters. The van der Waals surface area contributed by atoms with Crippen molar-refractivity contribution >= 4 is 193 Å². The summed E-state index contributed by atoms with van der Waals surface area (Å²) in [5.74, 6) is -4.33. The van der Waals surface area contributed by atoms with Crippen molar-refractivity contribution in [2.75, 3.05) is 64.5 Å². The van der Waals surface area contributed by atoms with E-state index in [9.17, 15) is 70.4 Å². The summed E-state index contributed by atoms with van der Waals surface area (Å²) in [7, 11) is -13.0. The first-order valence-electron chi connectivity index (χ1n) is 29.2. The maximum atomic E-state index is 13.3. The van der Waals surface area contributed by atoms with Gasteiger partial charge in [0.25, 0.3) is 16.1 Å². The van der Waals surface area contributed by atoms with E-state index in [0.717, 1.165) is 50.0 Å². The number of benzene rings is 3. The molecule has 8 heterocycles. The second-order valence-electron chi connectivity index (χ2n) is 20.3. The molecule has 47 heteroatoms. The molecule has 0 aliphatic carbocycles. The van der Waals surface area contributed by atoms with Gasteiger partial charge in [0.05, 0.1) is 81.4 Å². The number of Topliss-reactive ketones (excluding diaryl/α,β-unsaturated/α-hetero) is 2. The van der Waals surface area contributed by atoms with Crippen molar-refractivity contribution in [1.29, 1.82) is 0 Å². The number of aryl methyl sites for hydroxylation is 4. The van der Waals surface area contributed by atoms with E-state index in [1.807, 2.05) is 6.92 Å². The molecular formula is C59H67BCl3F4N15NaO15S8. The van der Waals surface area contributed by atoms with E-state index in [1.165, 1.54) is 146 Å². The topological polar surface area (TPSA) is 438 Å². The predicted octanol–water partition coefficient (Wildman–Crippen LogP) is 4.74. The van der Waals surface area contributed by atoms with Crippen LogP contribution in [0.15, 0.2) is 122 Å². The third-order valence-electron chi connectivity index (χ3n) is 13.0. The predicted molar refractivity (Wildman–Crippen MR) is 402 cm³/mol. The van der Waals surface area contributed by atoms with Crippen molar-refractivity contribution < 1.29 is 118 Å². The summed E-state index contributed by atoms with van der Waals surface area (Å²) in [5.41, 5.74) is 6.22. The first-order chi connectivity index (χ1) is 48.6. The molecule has 7 aromatic rings. The van der Waals surface area contributed by atoms with Gasteiger partial charge in [-0.1, -0.05) is 42.2 Å². The molecule has 30 nitrogen and oxygen atoms in total. The van der Waals surface area contributed by atoms with E-state index >= 15 is 0 Å². The number of anilines is 3. The maximum Gasteiger partial charge on any atom is 1.00 e. The van der Waals surface area contributed by atoms with Crippen molar-refractivity contribution in [2.45, 2.75) is 60.5 Å². The number of nitrogen functional groups attached to an aromatic ring is 1. The maximum absolute atomic E-state index is 13.3. The van der Waals surface area contributed by atoms with Gasteiger partial charge in [0.1, 0.15) is 53.8 Å². The van der Waals surface area contributed by atoms with Gasteiger partial charge in [-0.15, -0.1) is 58.5 Å². The summed E-state index contributed by atoms with van der Waals surface area (Å²) in [5, 5.41) is 33.1. The van der Waals surface area contributed by atoms with E-state index in [4.69, 9.17) is 57.2 Å². The Balaban J connectivity index is 0.000000674. The van der Waals surface area contributed by atoms with Gasteiger partial charge in [-0.05, 0) is 114 Å². The fourth-order valence-electron chi connectivity index (χ4n) is 8.07. The van der Waals surface area contributed by atoms with Gasteiger partial charge in [-0.25, -0.2) is 37.4 Å². The van der Waals surface area contributed by atoms with E-state index in [0.29, 0.717) is 20.3 Å². The number of carbonyl (C=O) groups is 4. The molecule has 4 aliphatic heterocycles. The number of halogens is 7. The van der Waals surface area contributed by atoms with Gasteiger partial charge in [0, 0.05) is 82.9 Å². The fourth-order valence-corrected chi connectivity index (χ4v) is 16.0. The smallest absolute Gasteiger partial charge is 1.00 e. The van der Waals surface area contributed by atoms with Gasteiger partial charge < -0.3 is 33.1 Å². The number of nitrogens with one attached hydrogen (secondary N) is 4. The molecule has 0 saturated carbocycles. The van der Waals surface area contributed by atoms with Crippen LogP contribution in [0, 0.1) is 45.1 Å². The molecule has 3 radical (unpaired) electrons. The standard InChI is InChI=1S/C15H16ClFN4O3S2.C15H12ClFN4O3S2.C10H11N3O4S2.C9H9N3O4S2.C6H5ClFN.C2H6O.CH3F.CH4.B.Na.H/c2*1-8-18-7-14(25-8)12-6-13(21(2)26(23,24)20-12)15(22)19-9-3-4-11(17)10(16)5-9;1-6-11-4-10(18-6)7-3-8(9(15)5-14)13(2)19(16,17)12-7;1-5-10-3-9(17-5)7-2-6(8(14)4-13)11-18(15,16)12-7;7-5-3-4(9)1-2-6(5)8;1-2-3;1-2;;;;/h3-5,7,12-13,20H,6H2,1-2H3,(H,19,22);3-7H,1-2H3,(H,19,22);3-4,14H,5H2,1-2H3;2-3,12-13H,4H2,1H3;1-3H,9H2;3H,2H2,1H3;1H3;1H4;;;/q;;;;;;;;;+1;-1/i;;;;;;1D;;;;. The van der Waals surface area contributed by atoms with Crippen molar-refractivity contribution in [2.24, 2.45) is 13.2 Å². The quantitative estimate of drug-likeness (QED) is 0.0465. The summed E-state index contributed by atoms with van der Waals surface area (Å²) in [4.78, 5) is 66.7. The number of hydrogen-bond donors (Lipinski definition) is 8. The van der Waals surface area contributed by atoms with Crippen LogP contribution in [-0.4, -0.2) is 185 Å². The molecule has 1 saturated heterocycles. The number of nitrogens with zero attached hydrogens (tertiary/aromatic N) is 10. The Morgan fingerprint density at radius 1 is 0.651 bits per heavy atom. The van der Waals surface area contributed by atoms with Gasteiger partial charge in [-0.3, -0.25) is 32.6 Å². The SMILES string of the molecule is C.CCO.Cc1ncc(C2=CC(C(=O)CO)=NS(=O)(=O)N2)s1.Cc1ncc(C2=NS(=O)(=O)N(C)C(C(=O)CO)=C2)s1.Cc1ncc(C2=NS(=O)(=O)N(C)C(C(=O)Nc3ccc(F)c(Cl)c3)=C2)s1.Cc1ncc(C2CC(C(=O)Nc3ccc(F)c(Cl)c3)N(C)S(=O)(=O)N2)s1.Nc1ccc(F)c(Cl)c1.[2H]CF.[B].[H-].[Na+]. The average Bonchev–Trinajstić information content (AvgIpc) is 1.02. The van der Waals surface area contributed by atoms with E-state index < -0.39 is 114 Å². The number of aliphatic hydroxyl groups is 3. The number of alkyl halides is 1. The molecule has 9 N–H and O–H groups in total. The van der Waals surface area contributed by atoms with Crippen molar-refractivity contribution in [1.82, 2.24) is 42.3 Å². The van der Waals surface area contributed by atoms with Crippen LogP contribution in [0.25, 0.3) is 5.70 Å². The number of aromatic nitrogens is 4. The number of likely N-dealkylation sites (N-methyl/N-ethyl adjacent to an activating group) is 3. The number of nitrogens with two attached hydrogens (primary N) is 1. The molecule has 2 unspecified atom stereocenters. The third-order valence-corrected chi connectivity index (χ3v) is 22.8. The van der Waals surface area contributed by atoms with Gasteiger partial charge >= 0.3 is 60.2 Å². The number of rotatable bonds is 12. The largest absolute Gasteiger partial charge is 1.00 e. The van der Waals surface area contributed by atoms with Crippen LogP contribution in [0.5, 0.6) is 0 Å². The Morgan fingerprint density at radius 2 is 1.07 bits per heavy atom. The number of allylic oxidation sites excluding steroid dienone is 3. The van der Waals surface area contributed by atoms with Crippen LogP contribution in [0.3, 0.4) is 0 Å². The van der Waals surface area contributed by atoms with Crippen molar-refractivity contribution in [3.8, 4) is 0 Å². The first-order valence-corrected chi connectivity index (χ1v) is 38.6. The van der Waals surface area contributed by atoms with Gasteiger partial charge in [-0.2, -0.15) is 42.7 Å². The van der Waals surface area contributed by atoms with Crippen LogP contribution in [0.4, 0.5) is 34.6 Å². The number of carbonyl (C=O) groups excluding carboxylic acids is 4. The van der Waals surface area contributed by atoms with Crippen molar-refractivity contribution in [3.63, 3.8) is 0 Å². The van der Waals surface area contributed by atoms with E-state index in [-0.39, 0.29) is 121 Å². The van der Waals surface area contributed by atoms with Crippen LogP contribution in [0.2, 0.25) is 15.1 Å². The summed E-state index contributed by atoms with van der Waals surface area (Å²) < 4.78 is 168. The number of amides is 2. The van der Waals surface area contributed by atoms with Gasteiger partial charge in [0.2, 0.25) is 17.5 Å². The third kappa shape index (κ3) is 26.8. The molecule has 1 fully saturated rings. The number of aliphatic hydroxyl groups excluding tert-OH is 3. The normalized spacial score (nSPS) is 16.9. The van der Waals surface area contributed by atoms with Crippen molar-refractivity contribution in [3.05, 3.63) is 181 Å². The van der Waals surface area contributed by atoms with Crippen LogP contribution in [0.1, 0.15) is 69.1 Å². The Kier molecular flexibility index (Phi) is 37.2. The fraction of sp³-hybridized carbons (Fsp3) is 0.271. The second kappa shape index (κ2) is 42.2. The summed E-state index contributed by atoms with van der Waals surface area (Å²) in [6.07, 6.45) is 10.3. The minimum Gasteiger partial charge on any atom is -1.00 e. The molecule has 4 aliphatic rings. The Morgan fingerprint density at radius 3 is 1.48 bits per heavy atom. The van der Waals surface area contributed by atoms with Crippen LogP contribution >= 0.6 is 80.1 Å². The molecule has 106 heavy (non-hydrogen) atoms. The molecule has 4 aromatic heterocycles. The van der Waals surface area contributed by atoms with Crippen LogP contribution in [-0.2, 0) is 60.0 Å². The second-order valence-corrected chi connectivity index (χ2v) is 32.9. The molecule has 2 amide bonds. The zero-order valence-corrected chi connectivity index (χ0v) is 67.0.